The molecule has 0 aliphatic carbocycles. The molecule has 3 aromatic rings. The Balaban J connectivity index is 1.66. The lowest BCUT2D eigenvalue weighted by molar-refractivity contribution is -0.115. The number of thioether (sulfide) groups is 1. The quantitative estimate of drug-likeness (QED) is 0.503. The highest BCUT2D eigenvalue weighted by Crippen LogP contribution is 2.37. The molecule has 2 N–H and O–H groups in total. The van der Waals surface area contributed by atoms with Gasteiger partial charge < -0.3 is 9.84 Å². The number of phenols is 1. The summed E-state index contributed by atoms with van der Waals surface area (Å²) in [6.07, 6.45) is 2.30. The number of imide groups is 1. The van der Waals surface area contributed by atoms with Crippen LogP contribution in [0.25, 0.3) is 16.8 Å². The summed E-state index contributed by atoms with van der Waals surface area (Å²) in [5, 5.41) is 13.6. The van der Waals surface area contributed by atoms with Crippen molar-refractivity contribution in [2.75, 3.05) is 0 Å². The van der Waals surface area contributed by atoms with Crippen LogP contribution >= 0.6 is 11.8 Å². The van der Waals surface area contributed by atoms with Gasteiger partial charge in [-0.2, -0.15) is 0 Å². The summed E-state index contributed by atoms with van der Waals surface area (Å²) in [5.41, 5.74) is 1.11. The Morgan fingerprint density at radius 3 is 2.39 bits per heavy atom. The van der Waals surface area contributed by atoms with Gasteiger partial charge in [-0.25, -0.2) is 0 Å². The Bertz CT molecular complexity index is 1170. The van der Waals surface area contributed by atoms with E-state index in [1.165, 1.54) is 12.1 Å². The Morgan fingerprint density at radius 2 is 1.71 bits per heavy atom. The molecule has 1 fully saturated rings. The molecule has 1 aliphatic heterocycles. The van der Waals surface area contributed by atoms with Gasteiger partial charge in [-0.15, -0.1) is 0 Å². The number of hydrogen-bond donors (Lipinski definition) is 2. The molecule has 1 saturated heterocycles. The smallest absolute Gasteiger partial charge is 0.290 e. The van der Waals surface area contributed by atoms with Gasteiger partial charge in [0.05, 0.1) is 4.91 Å². The lowest BCUT2D eigenvalue weighted by Gasteiger charge is -2.12. The highest BCUT2D eigenvalue weighted by atomic mass is 32.2. The van der Waals surface area contributed by atoms with Gasteiger partial charge in [-0.1, -0.05) is 30.3 Å². The molecule has 0 bridgehead atoms. The molecule has 3 aromatic carbocycles. The van der Waals surface area contributed by atoms with E-state index in [2.05, 4.69) is 5.32 Å². The van der Waals surface area contributed by atoms with E-state index >= 15 is 0 Å². The number of aromatic hydroxyl groups is 1. The van der Waals surface area contributed by atoms with Crippen molar-refractivity contribution in [2.45, 2.75) is 0 Å². The summed E-state index contributed by atoms with van der Waals surface area (Å²) >= 11 is 0.806. The summed E-state index contributed by atoms with van der Waals surface area (Å²) in [4.78, 5) is 34.3. The SMILES string of the molecule is O=Cc1ccc(Oc2ccc(/C=C3\SC(=O)NC3=O)cc2O)c2ccccc12. The van der Waals surface area contributed by atoms with Crippen LogP contribution in [0.2, 0.25) is 0 Å². The first-order valence-electron chi connectivity index (χ1n) is 8.28. The number of phenolic OH excluding ortho intramolecular Hbond substituents is 1. The number of benzene rings is 3. The minimum atomic E-state index is -0.462. The van der Waals surface area contributed by atoms with Crippen molar-refractivity contribution in [3.8, 4) is 17.2 Å². The normalized spacial score (nSPS) is 15.1. The first kappa shape index (κ1) is 17.8. The van der Waals surface area contributed by atoms with Gasteiger partial charge >= 0.3 is 0 Å². The summed E-state index contributed by atoms with van der Waals surface area (Å²) in [5.74, 6) is 0.147. The van der Waals surface area contributed by atoms with Crippen molar-refractivity contribution in [2.24, 2.45) is 0 Å². The monoisotopic (exact) mass is 391 g/mol. The molecule has 0 atom stereocenters. The standard InChI is InChI=1S/C21H13NO5S/c23-11-13-6-8-17(15-4-2-1-3-14(13)15)27-18-7-5-12(9-16(18)24)10-19-20(25)22-21(26)28-19/h1-11,24H,(H,22,25,26)/b19-10-. The summed E-state index contributed by atoms with van der Waals surface area (Å²) in [6, 6.07) is 15.4. The van der Waals surface area contributed by atoms with Crippen LogP contribution < -0.4 is 10.1 Å². The van der Waals surface area contributed by atoms with Crippen molar-refractivity contribution < 1.29 is 24.2 Å². The van der Waals surface area contributed by atoms with Gasteiger partial charge in [0, 0.05) is 10.9 Å². The van der Waals surface area contributed by atoms with E-state index in [0.29, 0.717) is 16.9 Å². The van der Waals surface area contributed by atoms with Gasteiger partial charge in [-0.3, -0.25) is 19.7 Å². The van der Waals surface area contributed by atoms with E-state index in [1.54, 1.807) is 24.3 Å². The first-order valence-corrected chi connectivity index (χ1v) is 9.09. The second kappa shape index (κ2) is 7.21. The summed E-state index contributed by atoms with van der Waals surface area (Å²) < 4.78 is 5.86. The predicted molar refractivity (Wildman–Crippen MR) is 107 cm³/mol. The number of ether oxygens (including phenoxy) is 1. The van der Waals surface area contributed by atoms with Crippen molar-refractivity contribution in [3.63, 3.8) is 0 Å². The zero-order valence-corrected chi connectivity index (χ0v) is 15.2. The number of rotatable bonds is 4. The van der Waals surface area contributed by atoms with E-state index in [0.717, 1.165) is 28.8 Å². The fraction of sp³-hybridized carbons (Fsp3) is 0. The molecule has 7 heteroatoms. The molecular weight excluding hydrogens is 378 g/mol. The van der Waals surface area contributed by atoms with Crippen molar-refractivity contribution in [1.82, 2.24) is 5.32 Å². The van der Waals surface area contributed by atoms with Crippen LogP contribution in [0.3, 0.4) is 0 Å². The maximum Gasteiger partial charge on any atom is 0.290 e. The van der Waals surface area contributed by atoms with Gasteiger partial charge in [0.1, 0.15) is 5.75 Å². The first-order chi connectivity index (χ1) is 13.5. The van der Waals surface area contributed by atoms with E-state index in [4.69, 9.17) is 4.74 Å². The van der Waals surface area contributed by atoms with Crippen LogP contribution in [0.4, 0.5) is 4.79 Å². The average Bonchev–Trinajstić information content (AvgIpc) is 3.01. The Labute approximate surface area is 163 Å². The van der Waals surface area contributed by atoms with Crippen molar-refractivity contribution in [1.29, 1.82) is 0 Å². The molecule has 0 radical (unpaired) electrons. The number of amides is 2. The largest absolute Gasteiger partial charge is 0.504 e. The second-order valence-electron chi connectivity index (χ2n) is 6.00. The lowest BCUT2D eigenvalue weighted by atomic mass is 10.0. The van der Waals surface area contributed by atoms with Gasteiger partial charge in [0.25, 0.3) is 11.1 Å². The molecular formula is C21H13NO5S. The minimum Gasteiger partial charge on any atom is -0.504 e. The molecule has 0 aromatic heterocycles. The predicted octanol–water partition coefficient (Wildman–Crippen LogP) is 4.47. The third kappa shape index (κ3) is 3.35. The fourth-order valence-corrected chi connectivity index (χ4v) is 3.57. The molecule has 0 unspecified atom stereocenters. The molecule has 0 saturated carbocycles. The van der Waals surface area contributed by atoms with E-state index < -0.39 is 11.1 Å². The van der Waals surface area contributed by atoms with Crippen molar-refractivity contribution in [3.05, 3.63) is 70.6 Å². The van der Waals surface area contributed by atoms with E-state index in [1.807, 2.05) is 24.3 Å². The minimum absolute atomic E-state index is 0.118. The van der Waals surface area contributed by atoms with Crippen LogP contribution in [-0.2, 0) is 4.79 Å². The second-order valence-corrected chi connectivity index (χ2v) is 7.01. The lowest BCUT2D eigenvalue weighted by Crippen LogP contribution is -2.17. The molecule has 6 nitrogen and oxygen atoms in total. The third-order valence-electron chi connectivity index (χ3n) is 4.19. The van der Waals surface area contributed by atoms with E-state index in [9.17, 15) is 19.5 Å². The summed E-state index contributed by atoms with van der Waals surface area (Å²) in [7, 11) is 0. The zero-order valence-electron chi connectivity index (χ0n) is 14.3. The van der Waals surface area contributed by atoms with Crippen LogP contribution in [0.1, 0.15) is 15.9 Å². The molecule has 1 aliphatic rings. The number of carbonyl (C=O) groups excluding carboxylic acids is 3. The van der Waals surface area contributed by atoms with Gasteiger partial charge in [-0.05, 0) is 53.1 Å². The van der Waals surface area contributed by atoms with Gasteiger partial charge in [0.2, 0.25) is 0 Å². The molecule has 1 heterocycles. The Kier molecular flexibility index (Phi) is 4.58. The fourth-order valence-electron chi connectivity index (χ4n) is 2.89. The number of carbonyl (C=O) groups is 3. The van der Waals surface area contributed by atoms with E-state index in [-0.39, 0.29) is 16.4 Å². The summed E-state index contributed by atoms with van der Waals surface area (Å²) in [6.45, 7) is 0. The van der Waals surface area contributed by atoms with Crippen molar-refractivity contribution >= 4 is 46.0 Å². The van der Waals surface area contributed by atoms with Crippen LogP contribution in [-0.4, -0.2) is 22.5 Å². The highest BCUT2D eigenvalue weighted by Gasteiger charge is 2.25. The molecule has 0 spiro atoms. The molecule has 138 valence electrons. The van der Waals surface area contributed by atoms with Crippen LogP contribution in [0, 0.1) is 0 Å². The maximum atomic E-state index is 11.6. The third-order valence-corrected chi connectivity index (χ3v) is 5.00. The number of aldehydes is 1. The van der Waals surface area contributed by atoms with Crippen LogP contribution in [0.5, 0.6) is 17.2 Å². The molecule has 2 amide bonds. The Hall–Kier alpha value is -3.58. The Morgan fingerprint density at radius 1 is 0.964 bits per heavy atom. The topological polar surface area (TPSA) is 92.7 Å². The molecule has 28 heavy (non-hydrogen) atoms. The number of hydrogen-bond acceptors (Lipinski definition) is 6. The van der Waals surface area contributed by atoms with Crippen LogP contribution in [0.15, 0.2) is 59.5 Å². The zero-order chi connectivity index (χ0) is 19.7. The maximum absolute atomic E-state index is 11.6. The highest BCUT2D eigenvalue weighted by molar-refractivity contribution is 8.18. The molecule has 4 rings (SSSR count). The number of nitrogens with one attached hydrogen (secondary N) is 1. The number of fused-ring (bicyclic) bond motifs is 1. The average molecular weight is 391 g/mol. The van der Waals surface area contributed by atoms with Gasteiger partial charge in [0.15, 0.2) is 17.8 Å².